The number of halogens is 6. The van der Waals surface area contributed by atoms with Gasteiger partial charge in [0.05, 0.1) is 0 Å². The van der Waals surface area contributed by atoms with Crippen LogP contribution in [0.2, 0.25) is 0 Å². The number of carbonyl (C=O) groups is 2. The lowest BCUT2D eigenvalue weighted by Crippen LogP contribution is -2.64. The minimum absolute atomic E-state index is 0.104. The molecule has 0 fully saturated rings. The van der Waals surface area contributed by atoms with Crippen LogP contribution in [0.4, 0.5) is 26.3 Å². The lowest BCUT2D eigenvalue weighted by Gasteiger charge is -2.35. The SMILES string of the molecule is CCCC(NC(=O)C1=NOC(C(O)(C(F)(F)F)C(F)(F)F)C1)C(=O)OC(C)(C)C. The quantitative estimate of drug-likeness (QED) is 0.493. The second-order valence-corrected chi connectivity index (χ2v) is 7.45. The van der Waals surface area contributed by atoms with Crippen molar-refractivity contribution in [2.24, 2.45) is 5.16 Å². The Labute approximate surface area is 162 Å². The predicted octanol–water partition coefficient (Wildman–Crippen LogP) is 2.61. The summed E-state index contributed by atoms with van der Waals surface area (Å²) in [6.45, 7) is 6.40. The molecular weight excluding hydrogens is 414 g/mol. The van der Waals surface area contributed by atoms with Crippen LogP contribution in [0.5, 0.6) is 0 Å². The van der Waals surface area contributed by atoms with E-state index in [2.05, 4.69) is 15.3 Å². The maximum Gasteiger partial charge on any atom is 0.430 e. The van der Waals surface area contributed by atoms with Gasteiger partial charge >= 0.3 is 18.3 Å². The summed E-state index contributed by atoms with van der Waals surface area (Å²) in [6.07, 6.45) is -15.9. The topological polar surface area (TPSA) is 97.2 Å². The van der Waals surface area contributed by atoms with E-state index in [0.29, 0.717) is 6.42 Å². The summed E-state index contributed by atoms with van der Waals surface area (Å²) in [5.41, 5.74) is -6.94. The van der Waals surface area contributed by atoms with Gasteiger partial charge in [0, 0.05) is 6.42 Å². The number of carbonyl (C=O) groups excluding carboxylic acids is 2. The van der Waals surface area contributed by atoms with Crippen molar-refractivity contribution >= 4 is 17.6 Å². The van der Waals surface area contributed by atoms with Crippen LogP contribution in [0.25, 0.3) is 0 Å². The molecule has 0 aromatic carbocycles. The van der Waals surface area contributed by atoms with E-state index in [0.717, 1.165) is 0 Å². The summed E-state index contributed by atoms with van der Waals surface area (Å²) in [6, 6.07) is -1.20. The molecule has 2 N–H and O–H groups in total. The number of hydrogen-bond acceptors (Lipinski definition) is 6. The highest BCUT2D eigenvalue weighted by Crippen LogP contribution is 2.48. The number of oxime groups is 1. The first kappa shape index (κ1) is 25.0. The number of nitrogens with zero attached hydrogens (tertiary/aromatic N) is 1. The number of aliphatic hydroxyl groups is 1. The van der Waals surface area contributed by atoms with Crippen molar-refractivity contribution in [2.75, 3.05) is 0 Å². The van der Waals surface area contributed by atoms with E-state index in [1.54, 1.807) is 27.7 Å². The van der Waals surface area contributed by atoms with Crippen LogP contribution in [0.15, 0.2) is 5.16 Å². The summed E-state index contributed by atoms with van der Waals surface area (Å²) >= 11 is 0. The Hall–Kier alpha value is -2.05. The van der Waals surface area contributed by atoms with Crippen LogP contribution in [-0.2, 0) is 19.2 Å². The molecule has 7 nitrogen and oxygen atoms in total. The monoisotopic (exact) mass is 436 g/mol. The van der Waals surface area contributed by atoms with Crippen molar-refractivity contribution in [1.82, 2.24) is 5.32 Å². The van der Waals surface area contributed by atoms with E-state index >= 15 is 0 Å². The van der Waals surface area contributed by atoms with Crippen molar-refractivity contribution in [3.8, 4) is 0 Å². The zero-order valence-corrected chi connectivity index (χ0v) is 16.1. The van der Waals surface area contributed by atoms with Crippen LogP contribution >= 0.6 is 0 Å². The van der Waals surface area contributed by atoms with E-state index in [4.69, 9.17) is 4.74 Å². The maximum atomic E-state index is 12.9. The Morgan fingerprint density at radius 3 is 2.14 bits per heavy atom. The molecule has 29 heavy (non-hydrogen) atoms. The number of esters is 1. The molecule has 2 unspecified atom stereocenters. The summed E-state index contributed by atoms with van der Waals surface area (Å²) in [7, 11) is 0. The van der Waals surface area contributed by atoms with E-state index in [1.165, 1.54) is 0 Å². The lowest BCUT2D eigenvalue weighted by atomic mass is 9.91. The second kappa shape index (κ2) is 8.36. The molecule has 1 aliphatic heterocycles. The average Bonchev–Trinajstić information content (AvgIpc) is 2.99. The van der Waals surface area contributed by atoms with Gasteiger partial charge in [0.15, 0.2) is 6.10 Å². The first-order chi connectivity index (χ1) is 12.9. The fourth-order valence-corrected chi connectivity index (χ4v) is 2.41. The summed E-state index contributed by atoms with van der Waals surface area (Å²) in [4.78, 5) is 28.4. The van der Waals surface area contributed by atoms with E-state index in [9.17, 15) is 41.0 Å². The van der Waals surface area contributed by atoms with Gasteiger partial charge < -0.3 is 20.0 Å². The summed E-state index contributed by atoms with van der Waals surface area (Å²) in [5.74, 6) is -2.03. The highest BCUT2D eigenvalue weighted by molar-refractivity contribution is 6.39. The molecule has 0 radical (unpaired) electrons. The fraction of sp³-hybridized carbons (Fsp3) is 0.812. The Morgan fingerprint density at radius 1 is 1.21 bits per heavy atom. The zero-order chi connectivity index (χ0) is 22.8. The van der Waals surface area contributed by atoms with Crippen molar-refractivity contribution in [2.45, 2.75) is 82.7 Å². The van der Waals surface area contributed by atoms with Gasteiger partial charge in [0.25, 0.3) is 11.5 Å². The predicted molar refractivity (Wildman–Crippen MR) is 86.7 cm³/mol. The van der Waals surface area contributed by atoms with Crippen LogP contribution in [0.1, 0.15) is 47.0 Å². The lowest BCUT2D eigenvalue weighted by molar-refractivity contribution is -0.392. The van der Waals surface area contributed by atoms with Gasteiger partial charge in [-0.25, -0.2) is 4.79 Å². The van der Waals surface area contributed by atoms with E-state index < -0.39 is 59.7 Å². The van der Waals surface area contributed by atoms with Gasteiger partial charge in [0.2, 0.25) is 0 Å². The first-order valence-electron chi connectivity index (χ1n) is 8.56. The van der Waals surface area contributed by atoms with Gasteiger partial charge in [-0.3, -0.25) is 4.79 Å². The van der Waals surface area contributed by atoms with Gasteiger partial charge in [-0.2, -0.15) is 26.3 Å². The Kier molecular flexibility index (Phi) is 7.21. The van der Waals surface area contributed by atoms with Crippen LogP contribution in [-0.4, -0.2) is 58.4 Å². The molecule has 13 heteroatoms. The summed E-state index contributed by atoms with van der Waals surface area (Å²) < 4.78 is 82.5. The first-order valence-corrected chi connectivity index (χ1v) is 8.56. The molecular formula is C16H22F6N2O5. The molecule has 0 saturated carbocycles. The number of amides is 1. The van der Waals surface area contributed by atoms with Crippen LogP contribution in [0.3, 0.4) is 0 Å². The van der Waals surface area contributed by atoms with Crippen molar-refractivity contribution in [3.63, 3.8) is 0 Å². The number of nitrogens with one attached hydrogen (secondary N) is 1. The highest BCUT2D eigenvalue weighted by Gasteiger charge is 2.76. The summed E-state index contributed by atoms with van der Waals surface area (Å²) in [5, 5.41) is 14.4. The molecule has 168 valence electrons. The molecule has 0 spiro atoms. The smallest absolute Gasteiger partial charge is 0.430 e. The third kappa shape index (κ3) is 5.73. The zero-order valence-electron chi connectivity index (χ0n) is 16.1. The third-order valence-corrected chi connectivity index (χ3v) is 3.84. The normalized spacial score (nSPS) is 19.3. The molecule has 1 heterocycles. The third-order valence-electron chi connectivity index (χ3n) is 3.84. The Balaban J connectivity index is 2.93. The Morgan fingerprint density at radius 2 is 1.72 bits per heavy atom. The van der Waals surface area contributed by atoms with E-state index in [-0.39, 0.29) is 6.42 Å². The number of ether oxygens (including phenoxy) is 1. The van der Waals surface area contributed by atoms with Gasteiger partial charge in [0.1, 0.15) is 17.4 Å². The molecule has 0 saturated heterocycles. The standard InChI is InChI=1S/C16H22F6N2O5/c1-5-6-8(12(26)28-13(2,3)4)23-11(25)9-7-10(29-24-9)14(27,15(17,18)19)16(20,21)22/h8,10,27H,5-7H2,1-4H3,(H,23,25). The molecule has 2 atom stereocenters. The van der Waals surface area contributed by atoms with Crippen molar-refractivity contribution in [3.05, 3.63) is 0 Å². The fourth-order valence-electron chi connectivity index (χ4n) is 2.41. The highest BCUT2D eigenvalue weighted by atomic mass is 19.4. The molecule has 1 amide bonds. The van der Waals surface area contributed by atoms with E-state index in [1.807, 2.05) is 0 Å². The van der Waals surface area contributed by atoms with Crippen LogP contribution < -0.4 is 5.32 Å². The molecule has 0 aliphatic carbocycles. The van der Waals surface area contributed by atoms with Crippen molar-refractivity contribution in [1.29, 1.82) is 0 Å². The molecule has 1 rings (SSSR count). The average molecular weight is 436 g/mol. The largest absolute Gasteiger partial charge is 0.458 e. The minimum Gasteiger partial charge on any atom is -0.458 e. The minimum atomic E-state index is -6.13. The van der Waals surface area contributed by atoms with Crippen LogP contribution in [0, 0.1) is 0 Å². The molecule has 0 bridgehead atoms. The van der Waals surface area contributed by atoms with Gasteiger partial charge in [-0.1, -0.05) is 18.5 Å². The molecule has 1 aliphatic rings. The van der Waals surface area contributed by atoms with Gasteiger partial charge in [-0.05, 0) is 27.2 Å². The van der Waals surface area contributed by atoms with Gasteiger partial charge in [-0.15, -0.1) is 0 Å². The second-order valence-electron chi connectivity index (χ2n) is 7.45. The number of rotatable bonds is 6. The maximum absolute atomic E-state index is 12.9. The molecule has 0 aromatic heterocycles. The molecule has 0 aromatic rings. The number of alkyl halides is 6. The van der Waals surface area contributed by atoms with Crippen molar-refractivity contribution < 1.29 is 50.6 Å². The Bertz CT molecular complexity index is 640. The number of hydrogen-bond donors (Lipinski definition) is 2.